The number of benzene rings is 2. The van der Waals surface area contributed by atoms with Crippen LogP contribution in [-0.2, 0) is 9.47 Å². The summed E-state index contributed by atoms with van der Waals surface area (Å²) < 4.78 is 24.4. The van der Waals surface area contributed by atoms with Gasteiger partial charge in [-0.2, -0.15) is 0 Å². The predicted octanol–water partition coefficient (Wildman–Crippen LogP) is 5.18. The van der Waals surface area contributed by atoms with Crippen LogP contribution in [0, 0.1) is 11.7 Å². The van der Waals surface area contributed by atoms with Gasteiger partial charge in [-0.15, -0.1) is 0 Å². The van der Waals surface area contributed by atoms with Gasteiger partial charge in [0.25, 0.3) is 0 Å². The van der Waals surface area contributed by atoms with Gasteiger partial charge in [0.05, 0.1) is 12.2 Å². The van der Waals surface area contributed by atoms with Crippen LogP contribution in [-0.4, -0.2) is 29.6 Å². The van der Waals surface area contributed by atoms with Crippen molar-refractivity contribution >= 4 is 12.1 Å². The molecule has 2 aromatic carbocycles. The molecule has 0 saturated carbocycles. The van der Waals surface area contributed by atoms with Gasteiger partial charge < -0.3 is 9.47 Å². The minimum atomic E-state index is -1.05. The molecule has 6 heteroatoms. The fraction of sp³-hybridized carbons (Fsp3) is 0.364. The Kier molecular flexibility index (Phi) is 7.55. The fourth-order valence-corrected chi connectivity index (χ4v) is 2.55. The van der Waals surface area contributed by atoms with Crippen LogP contribution in [0.25, 0.3) is 0 Å². The van der Waals surface area contributed by atoms with Gasteiger partial charge in [0.1, 0.15) is 5.82 Å². The maximum atomic E-state index is 13.4. The molecule has 1 amide bonds. The van der Waals surface area contributed by atoms with Gasteiger partial charge >= 0.3 is 12.1 Å². The molecule has 2 rings (SSSR count). The standard InChI is InChI=1S/C22H26FNO4/c1-15(2)14-27-22(26)24(16(3)4)20(17-10-12-19(23)13-11-17)28-21(25)18-8-6-5-7-9-18/h5-13,15-16,20H,14H2,1-4H3. The van der Waals surface area contributed by atoms with Gasteiger partial charge in [-0.3, -0.25) is 4.90 Å². The van der Waals surface area contributed by atoms with E-state index in [0.29, 0.717) is 11.1 Å². The molecule has 0 aliphatic heterocycles. The summed E-state index contributed by atoms with van der Waals surface area (Å²) in [6.45, 7) is 7.69. The van der Waals surface area contributed by atoms with Crippen molar-refractivity contribution in [3.63, 3.8) is 0 Å². The first-order chi connectivity index (χ1) is 13.3. The zero-order valence-electron chi connectivity index (χ0n) is 16.6. The van der Waals surface area contributed by atoms with Crippen LogP contribution >= 0.6 is 0 Å². The third-order valence-electron chi connectivity index (χ3n) is 3.94. The first-order valence-electron chi connectivity index (χ1n) is 9.26. The minimum Gasteiger partial charge on any atom is -0.449 e. The van der Waals surface area contributed by atoms with Crippen molar-refractivity contribution in [2.45, 2.75) is 40.0 Å². The van der Waals surface area contributed by atoms with Gasteiger partial charge in [-0.1, -0.05) is 44.2 Å². The van der Waals surface area contributed by atoms with Crippen molar-refractivity contribution in [2.24, 2.45) is 5.92 Å². The first kappa shape index (κ1) is 21.4. The summed E-state index contributed by atoms with van der Waals surface area (Å²) in [7, 11) is 0. The Bertz CT molecular complexity index is 775. The number of carbonyl (C=O) groups is 2. The van der Waals surface area contributed by atoms with Crippen molar-refractivity contribution in [2.75, 3.05) is 6.61 Å². The van der Waals surface area contributed by atoms with Gasteiger partial charge in [0.15, 0.2) is 0 Å². The number of halogens is 1. The molecule has 0 aliphatic rings. The maximum absolute atomic E-state index is 13.4. The van der Waals surface area contributed by atoms with Crippen LogP contribution in [0.1, 0.15) is 49.8 Å². The van der Waals surface area contributed by atoms with E-state index >= 15 is 0 Å². The van der Waals surface area contributed by atoms with Crippen LogP contribution in [0.15, 0.2) is 54.6 Å². The van der Waals surface area contributed by atoms with E-state index in [1.165, 1.54) is 29.2 Å². The summed E-state index contributed by atoms with van der Waals surface area (Å²) in [5.41, 5.74) is 0.828. The zero-order chi connectivity index (χ0) is 20.7. The average molecular weight is 387 g/mol. The Balaban J connectivity index is 2.35. The summed E-state index contributed by atoms with van der Waals surface area (Å²) in [5.74, 6) is -0.846. The summed E-state index contributed by atoms with van der Waals surface area (Å²) in [6.07, 6.45) is -1.65. The Morgan fingerprint density at radius 1 is 0.964 bits per heavy atom. The SMILES string of the molecule is CC(C)COC(=O)N(C(C)C)C(OC(=O)c1ccccc1)c1ccc(F)cc1. The molecule has 0 heterocycles. The third kappa shape index (κ3) is 5.81. The van der Waals surface area contributed by atoms with Crippen LogP contribution in [0.2, 0.25) is 0 Å². The Morgan fingerprint density at radius 3 is 2.11 bits per heavy atom. The van der Waals surface area contributed by atoms with Crippen molar-refractivity contribution in [1.82, 2.24) is 4.90 Å². The fourth-order valence-electron chi connectivity index (χ4n) is 2.55. The molecule has 2 aromatic rings. The van der Waals surface area contributed by atoms with Crippen molar-refractivity contribution in [3.05, 3.63) is 71.5 Å². The number of hydrogen-bond acceptors (Lipinski definition) is 4. The predicted molar refractivity (Wildman–Crippen MR) is 104 cm³/mol. The van der Waals surface area contributed by atoms with Crippen LogP contribution in [0.5, 0.6) is 0 Å². The highest BCUT2D eigenvalue weighted by Gasteiger charge is 2.32. The maximum Gasteiger partial charge on any atom is 0.413 e. The average Bonchev–Trinajstić information content (AvgIpc) is 2.66. The van der Waals surface area contributed by atoms with Gasteiger partial charge in [-0.05, 0) is 44.0 Å². The monoisotopic (exact) mass is 387 g/mol. The molecular formula is C22H26FNO4. The van der Waals surface area contributed by atoms with E-state index in [1.807, 2.05) is 13.8 Å². The summed E-state index contributed by atoms with van der Waals surface area (Å²) >= 11 is 0. The molecule has 0 spiro atoms. The van der Waals surface area contributed by atoms with E-state index in [-0.39, 0.29) is 18.6 Å². The first-order valence-corrected chi connectivity index (χ1v) is 9.26. The largest absolute Gasteiger partial charge is 0.449 e. The highest BCUT2D eigenvalue weighted by atomic mass is 19.1. The van der Waals surface area contributed by atoms with E-state index in [4.69, 9.17) is 9.47 Å². The smallest absolute Gasteiger partial charge is 0.413 e. The number of ether oxygens (including phenoxy) is 2. The molecular weight excluding hydrogens is 361 g/mol. The number of carbonyl (C=O) groups excluding carboxylic acids is 2. The van der Waals surface area contributed by atoms with Crippen LogP contribution in [0.4, 0.5) is 9.18 Å². The quantitative estimate of drug-likeness (QED) is 0.485. The molecule has 0 aromatic heterocycles. The second-order valence-electron chi connectivity index (χ2n) is 7.15. The van der Waals surface area contributed by atoms with Crippen LogP contribution < -0.4 is 0 Å². The van der Waals surface area contributed by atoms with Crippen molar-refractivity contribution in [1.29, 1.82) is 0 Å². The molecule has 0 aliphatic carbocycles. The molecule has 5 nitrogen and oxygen atoms in total. The molecule has 0 saturated heterocycles. The molecule has 1 atom stereocenters. The van der Waals surface area contributed by atoms with Gasteiger partial charge in [0.2, 0.25) is 6.23 Å². The molecule has 28 heavy (non-hydrogen) atoms. The van der Waals surface area contributed by atoms with Crippen molar-refractivity contribution < 1.29 is 23.5 Å². The lowest BCUT2D eigenvalue weighted by molar-refractivity contribution is -0.0441. The van der Waals surface area contributed by atoms with E-state index in [0.717, 1.165) is 0 Å². The van der Waals surface area contributed by atoms with Crippen molar-refractivity contribution in [3.8, 4) is 0 Å². The number of amides is 1. The number of esters is 1. The topological polar surface area (TPSA) is 55.8 Å². The van der Waals surface area contributed by atoms with Crippen LogP contribution in [0.3, 0.4) is 0 Å². The summed E-state index contributed by atoms with van der Waals surface area (Å²) in [6, 6.07) is 13.7. The number of nitrogens with zero attached hydrogens (tertiary/aromatic N) is 1. The normalized spacial score (nSPS) is 12.0. The number of hydrogen-bond donors (Lipinski definition) is 0. The lowest BCUT2D eigenvalue weighted by Crippen LogP contribution is -2.42. The Labute approximate surface area is 165 Å². The minimum absolute atomic E-state index is 0.161. The third-order valence-corrected chi connectivity index (χ3v) is 3.94. The second kappa shape index (κ2) is 9.88. The Hall–Kier alpha value is -2.89. The second-order valence-corrected chi connectivity index (χ2v) is 7.15. The highest BCUT2D eigenvalue weighted by Crippen LogP contribution is 2.27. The molecule has 0 fully saturated rings. The molecule has 0 N–H and O–H groups in total. The summed E-state index contributed by atoms with van der Waals surface area (Å²) in [4.78, 5) is 26.7. The van der Waals surface area contributed by atoms with E-state index in [9.17, 15) is 14.0 Å². The molecule has 0 radical (unpaired) electrons. The number of rotatable bonds is 7. The van der Waals surface area contributed by atoms with E-state index < -0.39 is 24.1 Å². The molecule has 1 unspecified atom stereocenters. The molecule has 0 bridgehead atoms. The van der Waals surface area contributed by atoms with Gasteiger partial charge in [-0.25, -0.2) is 14.0 Å². The molecule has 150 valence electrons. The lowest BCUT2D eigenvalue weighted by atomic mass is 10.1. The zero-order valence-corrected chi connectivity index (χ0v) is 16.6. The van der Waals surface area contributed by atoms with E-state index in [1.54, 1.807) is 44.2 Å². The van der Waals surface area contributed by atoms with Gasteiger partial charge in [0, 0.05) is 11.6 Å². The lowest BCUT2D eigenvalue weighted by Gasteiger charge is -2.34. The Morgan fingerprint density at radius 2 is 1.57 bits per heavy atom. The summed E-state index contributed by atoms with van der Waals surface area (Å²) in [5, 5.41) is 0. The van der Waals surface area contributed by atoms with E-state index in [2.05, 4.69) is 0 Å². The highest BCUT2D eigenvalue weighted by molar-refractivity contribution is 5.89.